The third-order valence-corrected chi connectivity index (χ3v) is 5.22. The molecule has 28 heavy (non-hydrogen) atoms. The fourth-order valence-corrected chi connectivity index (χ4v) is 3.75. The SMILES string of the molecule is O=C(N[C@H](C(=O)O)C1CCCCC1)c1ccc(-c2ccccc2)cc1[N+](=O)[O-]. The highest BCUT2D eigenvalue weighted by Crippen LogP contribution is 2.29. The standard InChI is InChI=1S/C21H22N2O5/c24-20(22-19(21(25)26)15-9-5-2-6-10-15)17-12-11-16(13-18(17)23(27)28)14-7-3-1-4-8-14/h1,3-4,7-8,11-13,15,19H,2,5-6,9-10H2,(H,22,24)(H,25,26)/t19-/m0/s1. The summed E-state index contributed by atoms with van der Waals surface area (Å²) in [4.78, 5) is 35.3. The molecule has 0 heterocycles. The predicted molar refractivity (Wildman–Crippen MR) is 104 cm³/mol. The number of aliphatic carboxylic acids is 1. The third-order valence-electron chi connectivity index (χ3n) is 5.22. The summed E-state index contributed by atoms with van der Waals surface area (Å²) >= 11 is 0. The molecular formula is C21H22N2O5. The Hall–Kier alpha value is -3.22. The van der Waals surface area contributed by atoms with Crippen LogP contribution in [0.2, 0.25) is 0 Å². The maximum Gasteiger partial charge on any atom is 0.326 e. The van der Waals surface area contributed by atoms with E-state index in [-0.39, 0.29) is 17.2 Å². The Bertz CT molecular complexity index is 876. The minimum absolute atomic E-state index is 0.133. The van der Waals surface area contributed by atoms with Gasteiger partial charge in [-0.05, 0) is 36.0 Å². The molecule has 7 nitrogen and oxygen atoms in total. The molecular weight excluding hydrogens is 360 g/mol. The van der Waals surface area contributed by atoms with Gasteiger partial charge in [-0.25, -0.2) is 4.79 Å². The number of nitrogens with zero attached hydrogens (tertiary/aromatic N) is 1. The van der Waals surface area contributed by atoms with E-state index in [0.717, 1.165) is 37.7 Å². The molecule has 1 aliphatic rings. The molecule has 0 unspecified atom stereocenters. The first kappa shape index (κ1) is 19.5. The second-order valence-electron chi connectivity index (χ2n) is 7.04. The molecule has 1 amide bonds. The minimum Gasteiger partial charge on any atom is -0.480 e. The zero-order chi connectivity index (χ0) is 20.1. The van der Waals surface area contributed by atoms with Crippen LogP contribution in [-0.4, -0.2) is 27.9 Å². The zero-order valence-electron chi connectivity index (χ0n) is 15.3. The second-order valence-corrected chi connectivity index (χ2v) is 7.04. The third kappa shape index (κ3) is 4.36. The number of hydrogen-bond donors (Lipinski definition) is 2. The molecule has 2 N–H and O–H groups in total. The monoisotopic (exact) mass is 382 g/mol. The van der Waals surface area contributed by atoms with Crippen LogP contribution in [0.4, 0.5) is 5.69 Å². The average Bonchev–Trinajstić information content (AvgIpc) is 2.72. The molecule has 0 spiro atoms. The van der Waals surface area contributed by atoms with Crippen molar-refractivity contribution in [2.75, 3.05) is 0 Å². The summed E-state index contributed by atoms with van der Waals surface area (Å²) < 4.78 is 0. The average molecular weight is 382 g/mol. The highest BCUT2D eigenvalue weighted by molar-refractivity contribution is 6.00. The van der Waals surface area contributed by atoms with Gasteiger partial charge in [0.15, 0.2) is 0 Å². The van der Waals surface area contributed by atoms with Crippen LogP contribution < -0.4 is 5.32 Å². The Kier molecular flexibility index (Phi) is 6.03. The van der Waals surface area contributed by atoms with Gasteiger partial charge in [-0.2, -0.15) is 0 Å². The van der Waals surface area contributed by atoms with Gasteiger partial charge in [0, 0.05) is 6.07 Å². The van der Waals surface area contributed by atoms with Crippen molar-refractivity contribution in [3.05, 3.63) is 64.2 Å². The maximum atomic E-state index is 12.7. The lowest BCUT2D eigenvalue weighted by Crippen LogP contribution is -2.46. The first-order chi connectivity index (χ1) is 13.5. The normalized spacial score (nSPS) is 15.6. The first-order valence-electron chi connectivity index (χ1n) is 9.35. The maximum absolute atomic E-state index is 12.7. The summed E-state index contributed by atoms with van der Waals surface area (Å²) in [5.74, 6) is -1.99. The molecule has 1 aliphatic carbocycles. The fourth-order valence-electron chi connectivity index (χ4n) is 3.75. The van der Waals surface area contributed by atoms with Gasteiger partial charge < -0.3 is 10.4 Å². The van der Waals surface area contributed by atoms with Gasteiger partial charge in [0.25, 0.3) is 11.6 Å². The molecule has 2 aromatic rings. The minimum atomic E-state index is -1.11. The van der Waals surface area contributed by atoms with Gasteiger partial charge in [0.05, 0.1) is 4.92 Å². The smallest absolute Gasteiger partial charge is 0.326 e. The lowest BCUT2D eigenvalue weighted by Gasteiger charge is -2.28. The van der Waals surface area contributed by atoms with Crippen LogP contribution in [0.15, 0.2) is 48.5 Å². The number of benzene rings is 2. The van der Waals surface area contributed by atoms with Gasteiger partial charge in [-0.3, -0.25) is 14.9 Å². The number of amides is 1. The number of carboxylic acids is 1. The van der Waals surface area contributed by atoms with Crippen molar-refractivity contribution in [3.8, 4) is 11.1 Å². The predicted octanol–water partition coefficient (Wildman–Crippen LogP) is 4.03. The zero-order valence-corrected chi connectivity index (χ0v) is 15.3. The van der Waals surface area contributed by atoms with Gasteiger partial charge >= 0.3 is 5.97 Å². The molecule has 0 bridgehead atoms. The number of carboxylic acid groups (broad SMARTS) is 1. The summed E-state index contributed by atoms with van der Waals surface area (Å²) in [6, 6.07) is 12.5. The molecule has 0 radical (unpaired) electrons. The van der Waals surface area contributed by atoms with E-state index in [1.807, 2.05) is 30.3 Å². The summed E-state index contributed by atoms with van der Waals surface area (Å²) in [6.07, 6.45) is 4.37. The van der Waals surface area contributed by atoms with Crippen molar-refractivity contribution in [1.29, 1.82) is 0 Å². The number of carbonyl (C=O) groups excluding carboxylic acids is 1. The van der Waals surface area contributed by atoms with E-state index in [1.54, 1.807) is 6.07 Å². The first-order valence-corrected chi connectivity index (χ1v) is 9.35. The van der Waals surface area contributed by atoms with E-state index >= 15 is 0 Å². The van der Waals surface area contributed by atoms with E-state index in [1.165, 1.54) is 12.1 Å². The Morgan fingerprint density at radius 3 is 2.32 bits per heavy atom. The molecule has 3 rings (SSSR count). The Balaban J connectivity index is 1.87. The van der Waals surface area contributed by atoms with Crippen LogP contribution >= 0.6 is 0 Å². The van der Waals surface area contributed by atoms with Crippen LogP contribution in [0.3, 0.4) is 0 Å². The summed E-state index contributed by atoms with van der Waals surface area (Å²) in [5, 5.41) is 23.6. The molecule has 0 aliphatic heterocycles. The van der Waals surface area contributed by atoms with E-state index in [4.69, 9.17) is 0 Å². The van der Waals surface area contributed by atoms with Crippen LogP contribution in [-0.2, 0) is 4.79 Å². The molecule has 1 saturated carbocycles. The van der Waals surface area contributed by atoms with Crippen LogP contribution in [0.25, 0.3) is 11.1 Å². The largest absolute Gasteiger partial charge is 0.480 e. The van der Waals surface area contributed by atoms with E-state index in [9.17, 15) is 24.8 Å². The number of carbonyl (C=O) groups is 2. The summed E-state index contributed by atoms with van der Waals surface area (Å²) in [7, 11) is 0. The van der Waals surface area contributed by atoms with Crippen molar-refractivity contribution in [3.63, 3.8) is 0 Å². The topological polar surface area (TPSA) is 110 Å². The Labute approximate surface area is 162 Å². The lowest BCUT2D eigenvalue weighted by molar-refractivity contribution is -0.385. The number of nitro groups is 1. The molecule has 1 fully saturated rings. The quantitative estimate of drug-likeness (QED) is 0.579. The molecule has 0 aromatic heterocycles. The Morgan fingerprint density at radius 2 is 1.71 bits per heavy atom. The summed E-state index contributed by atoms with van der Waals surface area (Å²) in [5.41, 5.74) is 0.937. The number of hydrogen-bond acceptors (Lipinski definition) is 4. The van der Waals surface area contributed by atoms with Gasteiger partial charge in [0.2, 0.25) is 0 Å². The molecule has 2 aromatic carbocycles. The van der Waals surface area contributed by atoms with Crippen LogP contribution in [0.5, 0.6) is 0 Å². The van der Waals surface area contributed by atoms with Crippen molar-refractivity contribution in [1.82, 2.24) is 5.32 Å². The molecule has 146 valence electrons. The molecule has 0 saturated heterocycles. The highest BCUT2D eigenvalue weighted by Gasteiger charge is 2.32. The second kappa shape index (κ2) is 8.65. The van der Waals surface area contributed by atoms with Crippen LogP contribution in [0.1, 0.15) is 42.5 Å². The lowest BCUT2D eigenvalue weighted by atomic mass is 9.83. The van der Waals surface area contributed by atoms with Crippen molar-refractivity contribution in [2.45, 2.75) is 38.1 Å². The van der Waals surface area contributed by atoms with Crippen LogP contribution in [0, 0.1) is 16.0 Å². The number of nitrogens with one attached hydrogen (secondary N) is 1. The number of nitro benzene ring substituents is 1. The molecule has 7 heteroatoms. The molecule has 1 atom stereocenters. The van der Waals surface area contributed by atoms with Crippen molar-refractivity contribution in [2.24, 2.45) is 5.92 Å². The van der Waals surface area contributed by atoms with Gasteiger partial charge in [0.1, 0.15) is 11.6 Å². The highest BCUT2D eigenvalue weighted by atomic mass is 16.6. The van der Waals surface area contributed by atoms with E-state index in [0.29, 0.717) is 5.56 Å². The van der Waals surface area contributed by atoms with Gasteiger partial charge in [-0.15, -0.1) is 0 Å². The number of rotatable bonds is 6. The van der Waals surface area contributed by atoms with E-state index < -0.39 is 22.8 Å². The summed E-state index contributed by atoms with van der Waals surface area (Å²) in [6.45, 7) is 0. The van der Waals surface area contributed by atoms with Crippen molar-refractivity contribution < 1.29 is 19.6 Å². The fraction of sp³-hybridized carbons (Fsp3) is 0.333. The van der Waals surface area contributed by atoms with E-state index in [2.05, 4.69) is 5.32 Å². The van der Waals surface area contributed by atoms with Gasteiger partial charge in [-0.1, -0.05) is 55.7 Å². The van der Waals surface area contributed by atoms with Crippen molar-refractivity contribution >= 4 is 17.6 Å². The Morgan fingerprint density at radius 1 is 1.04 bits per heavy atom.